The van der Waals surface area contributed by atoms with Crippen LogP contribution in [-0.4, -0.2) is 29.3 Å². The summed E-state index contributed by atoms with van der Waals surface area (Å²) in [6.07, 6.45) is 0. The molecule has 10 heavy (non-hydrogen) atoms. The van der Waals surface area contributed by atoms with Crippen LogP contribution in [0.2, 0.25) is 0 Å². The highest BCUT2D eigenvalue weighted by Crippen LogP contribution is 2.07. The SMILES string of the molecule is CCN(C(C)Cl)S(=O)(=O)O. The van der Waals surface area contributed by atoms with E-state index in [-0.39, 0.29) is 6.54 Å². The zero-order valence-electron chi connectivity index (χ0n) is 5.78. The molecular formula is C4H10ClNO3S. The number of hydrogen-bond acceptors (Lipinski definition) is 2. The molecule has 1 N–H and O–H groups in total. The molecule has 1 atom stereocenters. The maximum absolute atomic E-state index is 10.4. The van der Waals surface area contributed by atoms with E-state index in [0.717, 1.165) is 4.31 Å². The molecule has 0 saturated carbocycles. The van der Waals surface area contributed by atoms with Crippen LogP contribution in [0.15, 0.2) is 0 Å². The molecule has 0 bridgehead atoms. The summed E-state index contributed by atoms with van der Waals surface area (Å²) in [7, 11) is -4.11. The molecule has 0 fully saturated rings. The third-order valence-electron chi connectivity index (χ3n) is 1.00. The standard InChI is InChI=1S/C4H10ClNO3S/c1-3-6(4(2)5)10(7,8)9/h4H,3H2,1-2H3,(H,7,8,9). The highest BCUT2D eigenvalue weighted by Gasteiger charge is 2.20. The van der Waals surface area contributed by atoms with Crippen molar-refractivity contribution in [2.75, 3.05) is 6.54 Å². The molecule has 0 aliphatic carbocycles. The van der Waals surface area contributed by atoms with Gasteiger partial charge in [0.2, 0.25) is 0 Å². The van der Waals surface area contributed by atoms with Gasteiger partial charge in [0.15, 0.2) is 0 Å². The number of nitrogens with zero attached hydrogens (tertiary/aromatic N) is 1. The third kappa shape index (κ3) is 2.83. The van der Waals surface area contributed by atoms with Crippen LogP contribution in [0.3, 0.4) is 0 Å². The summed E-state index contributed by atoms with van der Waals surface area (Å²) in [5.74, 6) is 0. The Kier molecular flexibility index (Phi) is 3.58. The molecule has 0 saturated heterocycles. The van der Waals surface area contributed by atoms with E-state index in [1.165, 1.54) is 6.92 Å². The minimum absolute atomic E-state index is 0.170. The van der Waals surface area contributed by atoms with E-state index < -0.39 is 15.8 Å². The van der Waals surface area contributed by atoms with Crippen LogP contribution in [0, 0.1) is 0 Å². The summed E-state index contributed by atoms with van der Waals surface area (Å²) < 4.78 is 30.0. The predicted molar refractivity (Wildman–Crippen MR) is 39.2 cm³/mol. The Labute approximate surface area is 65.7 Å². The van der Waals surface area contributed by atoms with Crippen molar-refractivity contribution >= 4 is 21.9 Å². The van der Waals surface area contributed by atoms with Gasteiger partial charge < -0.3 is 0 Å². The molecule has 0 aromatic rings. The number of halogens is 1. The van der Waals surface area contributed by atoms with Gasteiger partial charge in [-0.25, -0.2) is 0 Å². The Hall–Kier alpha value is 0.160. The van der Waals surface area contributed by atoms with Crippen LogP contribution in [0.25, 0.3) is 0 Å². The minimum atomic E-state index is -4.11. The third-order valence-corrected chi connectivity index (χ3v) is 2.52. The first-order valence-electron chi connectivity index (χ1n) is 2.78. The summed E-state index contributed by atoms with van der Waals surface area (Å²) >= 11 is 5.42. The maximum atomic E-state index is 10.4. The molecule has 0 rings (SSSR count). The van der Waals surface area contributed by atoms with Gasteiger partial charge in [-0.3, -0.25) is 4.55 Å². The fourth-order valence-electron chi connectivity index (χ4n) is 0.598. The van der Waals surface area contributed by atoms with E-state index in [9.17, 15) is 8.42 Å². The van der Waals surface area contributed by atoms with Gasteiger partial charge in [0, 0.05) is 6.54 Å². The summed E-state index contributed by atoms with van der Waals surface area (Å²) in [6.45, 7) is 3.23. The fraction of sp³-hybridized carbons (Fsp3) is 1.00. The van der Waals surface area contributed by atoms with Crippen molar-refractivity contribution < 1.29 is 13.0 Å². The first-order chi connectivity index (χ1) is 4.39. The second kappa shape index (κ2) is 3.52. The van der Waals surface area contributed by atoms with Crippen LogP contribution >= 0.6 is 11.6 Å². The quantitative estimate of drug-likeness (QED) is 0.402. The van der Waals surface area contributed by atoms with E-state index in [0.29, 0.717) is 0 Å². The topological polar surface area (TPSA) is 57.6 Å². The summed E-state index contributed by atoms with van der Waals surface area (Å²) in [6, 6.07) is 0. The van der Waals surface area contributed by atoms with Crippen molar-refractivity contribution in [1.82, 2.24) is 4.31 Å². The van der Waals surface area contributed by atoms with Crippen LogP contribution in [0.4, 0.5) is 0 Å². The highest BCUT2D eigenvalue weighted by atomic mass is 35.5. The lowest BCUT2D eigenvalue weighted by Crippen LogP contribution is -2.34. The van der Waals surface area contributed by atoms with Crippen LogP contribution in [0.1, 0.15) is 13.8 Å². The zero-order chi connectivity index (χ0) is 8.36. The number of rotatable bonds is 3. The molecule has 1 unspecified atom stereocenters. The number of hydrogen-bond donors (Lipinski definition) is 1. The van der Waals surface area contributed by atoms with Crippen molar-refractivity contribution in [2.45, 2.75) is 19.3 Å². The zero-order valence-corrected chi connectivity index (χ0v) is 7.35. The molecule has 0 aliphatic rings. The molecule has 0 aliphatic heterocycles. The van der Waals surface area contributed by atoms with Crippen LogP contribution < -0.4 is 0 Å². The molecular weight excluding hydrogens is 178 g/mol. The van der Waals surface area contributed by atoms with Gasteiger partial charge in [-0.2, -0.15) is 12.7 Å². The lowest BCUT2D eigenvalue weighted by Gasteiger charge is -2.17. The second-order valence-electron chi connectivity index (χ2n) is 1.76. The van der Waals surface area contributed by atoms with Gasteiger partial charge in [-0.1, -0.05) is 6.92 Å². The molecule has 0 heterocycles. The first kappa shape index (κ1) is 10.2. The summed E-state index contributed by atoms with van der Waals surface area (Å²) in [5.41, 5.74) is -0.708. The van der Waals surface area contributed by atoms with Crippen LogP contribution in [-0.2, 0) is 10.3 Å². The van der Waals surface area contributed by atoms with E-state index >= 15 is 0 Å². The normalized spacial score (nSPS) is 15.7. The average molecular weight is 188 g/mol. The van der Waals surface area contributed by atoms with Crippen molar-refractivity contribution in [3.63, 3.8) is 0 Å². The van der Waals surface area contributed by atoms with Crippen LogP contribution in [0.5, 0.6) is 0 Å². The predicted octanol–water partition coefficient (Wildman–Crippen LogP) is 0.696. The van der Waals surface area contributed by atoms with Crippen molar-refractivity contribution in [3.05, 3.63) is 0 Å². The summed E-state index contributed by atoms with van der Waals surface area (Å²) in [4.78, 5) is 0. The highest BCUT2D eigenvalue weighted by molar-refractivity contribution is 7.83. The molecule has 0 amide bonds. The molecule has 0 aromatic heterocycles. The second-order valence-corrected chi connectivity index (χ2v) is 3.75. The van der Waals surface area contributed by atoms with Crippen molar-refractivity contribution in [1.29, 1.82) is 0 Å². The lowest BCUT2D eigenvalue weighted by atomic mass is 10.7. The largest absolute Gasteiger partial charge is 0.337 e. The average Bonchev–Trinajstić information content (AvgIpc) is 1.60. The Morgan fingerprint density at radius 1 is 1.70 bits per heavy atom. The molecule has 4 nitrogen and oxygen atoms in total. The Bertz CT molecular complexity index is 189. The lowest BCUT2D eigenvalue weighted by molar-refractivity contribution is 0.354. The van der Waals surface area contributed by atoms with Gasteiger partial charge in [0.05, 0.1) is 5.50 Å². The monoisotopic (exact) mass is 187 g/mol. The molecule has 0 spiro atoms. The van der Waals surface area contributed by atoms with E-state index in [4.69, 9.17) is 16.2 Å². The molecule has 0 radical (unpaired) electrons. The first-order valence-corrected chi connectivity index (χ1v) is 4.61. The van der Waals surface area contributed by atoms with Gasteiger partial charge in [0.25, 0.3) is 0 Å². The molecule has 0 aromatic carbocycles. The maximum Gasteiger partial charge on any atom is 0.337 e. The Morgan fingerprint density at radius 2 is 2.10 bits per heavy atom. The summed E-state index contributed by atoms with van der Waals surface area (Å²) in [5, 5.41) is 0. The number of alkyl halides is 1. The van der Waals surface area contributed by atoms with E-state index in [1.807, 2.05) is 0 Å². The molecule has 62 valence electrons. The molecule has 6 heteroatoms. The van der Waals surface area contributed by atoms with Gasteiger partial charge in [0.1, 0.15) is 0 Å². The Balaban J connectivity index is 4.38. The van der Waals surface area contributed by atoms with E-state index in [1.54, 1.807) is 6.92 Å². The fourth-order valence-corrected chi connectivity index (χ4v) is 1.73. The van der Waals surface area contributed by atoms with Gasteiger partial charge >= 0.3 is 10.3 Å². The Morgan fingerprint density at radius 3 is 2.10 bits per heavy atom. The van der Waals surface area contributed by atoms with Gasteiger partial charge in [-0.15, -0.1) is 11.6 Å². The smallest absolute Gasteiger partial charge is 0.273 e. The minimum Gasteiger partial charge on any atom is -0.273 e. The van der Waals surface area contributed by atoms with Crippen molar-refractivity contribution in [2.24, 2.45) is 0 Å². The van der Waals surface area contributed by atoms with Crippen molar-refractivity contribution in [3.8, 4) is 0 Å². The van der Waals surface area contributed by atoms with E-state index in [2.05, 4.69) is 0 Å². The van der Waals surface area contributed by atoms with Gasteiger partial charge in [-0.05, 0) is 6.92 Å².